The maximum atomic E-state index is 12.5. The second-order valence-electron chi connectivity index (χ2n) is 8.16. The van der Waals surface area contributed by atoms with E-state index in [0.29, 0.717) is 11.8 Å². The number of nitrogens with one attached hydrogen (secondary N) is 2. The van der Waals surface area contributed by atoms with E-state index in [2.05, 4.69) is 50.7 Å². The van der Waals surface area contributed by atoms with Gasteiger partial charge in [0.25, 0.3) is 0 Å². The molecule has 3 heterocycles. The third-order valence-corrected chi connectivity index (χ3v) is 6.24. The zero-order valence-electron chi connectivity index (χ0n) is 16.5. The summed E-state index contributed by atoms with van der Waals surface area (Å²) in [5.74, 6) is 1.10. The molecule has 2 fully saturated rings. The normalized spacial score (nSPS) is 19.6. The van der Waals surface area contributed by atoms with Crippen molar-refractivity contribution >= 4 is 6.03 Å². The van der Waals surface area contributed by atoms with Gasteiger partial charge in [0.05, 0.1) is 0 Å². The largest absolute Gasteiger partial charge is 0.338 e. The Bertz CT molecular complexity index is 717. The molecular weight excluding hydrogens is 350 g/mol. The predicted octanol–water partition coefficient (Wildman–Crippen LogP) is 3.21. The van der Waals surface area contributed by atoms with Gasteiger partial charge in [-0.05, 0) is 56.3 Å². The molecule has 2 N–H and O–H groups in total. The summed E-state index contributed by atoms with van der Waals surface area (Å²) in [5.41, 5.74) is 2.58. The average molecular weight is 382 g/mol. The molecule has 0 aliphatic carbocycles. The van der Waals surface area contributed by atoms with Crippen molar-refractivity contribution in [3.05, 3.63) is 53.9 Å². The minimum atomic E-state index is 0.106. The first-order valence-corrected chi connectivity index (χ1v) is 10.6. The highest BCUT2D eigenvalue weighted by atomic mass is 16.2. The molecule has 2 aliphatic heterocycles. The number of carbonyl (C=O) groups excluding carboxylic acids is 1. The van der Waals surface area contributed by atoms with Crippen molar-refractivity contribution in [1.82, 2.24) is 25.3 Å². The summed E-state index contributed by atoms with van der Waals surface area (Å²) < 4.78 is 0. The molecule has 0 unspecified atom stereocenters. The Morgan fingerprint density at radius 3 is 2.46 bits per heavy atom. The van der Waals surface area contributed by atoms with Crippen LogP contribution in [0.4, 0.5) is 4.79 Å². The van der Waals surface area contributed by atoms with E-state index in [9.17, 15) is 4.79 Å². The van der Waals surface area contributed by atoms with E-state index in [1.54, 1.807) is 6.20 Å². The number of aromatic nitrogens is 2. The number of hydrogen-bond acceptors (Lipinski definition) is 3. The van der Waals surface area contributed by atoms with Crippen LogP contribution in [0.3, 0.4) is 0 Å². The Morgan fingerprint density at radius 1 is 1.04 bits per heavy atom. The smallest absolute Gasteiger partial charge is 0.317 e. The van der Waals surface area contributed by atoms with Gasteiger partial charge in [0, 0.05) is 44.0 Å². The van der Waals surface area contributed by atoms with Crippen LogP contribution in [0.5, 0.6) is 0 Å². The highest BCUT2D eigenvalue weighted by molar-refractivity contribution is 5.74. The number of urea groups is 1. The molecule has 2 aliphatic rings. The number of H-pyrrole nitrogens is 1. The number of hydrogen-bond donors (Lipinski definition) is 2. The van der Waals surface area contributed by atoms with E-state index in [-0.39, 0.29) is 6.03 Å². The molecule has 6 nitrogen and oxygen atoms in total. The summed E-state index contributed by atoms with van der Waals surface area (Å²) in [6.07, 6.45) is 6.14. The van der Waals surface area contributed by atoms with Gasteiger partial charge in [-0.3, -0.25) is 10.00 Å². The van der Waals surface area contributed by atoms with Gasteiger partial charge >= 0.3 is 6.03 Å². The maximum Gasteiger partial charge on any atom is 0.317 e. The third kappa shape index (κ3) is 4.93. The molecule has 4 rings (SSSR count). The molecule has 150 valence electrons. The average Bonchev–Trinajstić information content (AvgIpc) is 3.29. The number of piperidine rings is 2. The van der Waals surface area contributed by atoms with Crippen molar-refractivity contribution in [2.75, 3.05) is 32.7 Å². The topological polar surface area (TPSA) is 64.3 Å². The van der Waals surface area contributed by atoms with Crippen molar-refractivity contribution in [3.63, 3.8) is 0 Å². The Morgan fingerprint density at radius 2 is 1.79 bits per heavy atom. The van der Waals surface area contributed by atoms with Gasteiger partial charge in [-0.25, -0.2) is 4.79 Å². The van der Waals surface area contributed by atoms with Crippen LogP contribution in [0, 0.1) is 5.92 Å². The zero-order valence-corrected chi connectivity index (χ0v) is 16.5. The lowest BCUT2D eigenvalue weighted by atomic mass is 9.94. The number of carbonyl (C=O) groups is 1. The van der Waals surface area contributed by atoms with Crippen LogP contribution >= 0.6 is 0 Å². The quantitative estimate of drug-likeness (QED) is 0.836. The SMILES string of the molecule is O=C(NCC1CCN(Cc2ccccc2)CC1)N1CCC(c2ccn[nH]2)CC1. The molecular formula is C22H31N5O. The first kappa shape index (κ1) is 19.0. The maximum absolute atomic E-state index is 12.5. The van der Waals surface area contributed by atoms with Gasteiger partial charge < -0.3 is 10.2 Å². The Labute approximate surface area is 167 Å². The summed E-state index contributed by atoms with van der Waals surface area (Å²) in [4.78, 5) is 17.0. The summed E-state index contributed by atoms with van der Waals surface area (Å²) in [6, 6.07) is 12.8. The summed E-state index contributed by atoms with van der Waals surface area (Å²) in [6.45, 7) is 5.72. The molecule has 0 atom stereocenters. The Balaban J connectivity index is 1.14. The zero-order chi connectivity index (χ0) is 19.2. The lowest BCUT2D eigenvalue weighted by molar-refractivity contribution is 0.162. The second-order valence-corrected chi connectivity index (χ2v) is 8.16. The lowest BCUT2D eigenvalue weighted by Crippen LogP contribution is -2.46. The summed E-state index contributed by atoms with van der Waals surface area (Å²) >= 11 is 0. The van der Waals surface area contributed by atoms with Gasteiger partial charge in [0.15, 0.2) is 0 Å². The number of likely N-dealkylation sites (tertiary alicyclic amines) is 2. The lowest BCUT2D eigenvalue weighted by Gasteiger charge is -2.34. The molecule has 2 amide bonds. The second kappa shape index (κ2) is 9.24. The molecule has 2 saturated heterocycles. The number of benzene rings is 1. The molecule has 0 saturated carbocycles. The van der Waals surface area contributed by atoms with Crippen molar-refractivity contribution in [2.24, 2.45) is 5.92 Å². The van der Waals surface area contributed by atoms with Crippen molar-refractivity contribution in [2.45, 2.75) is 38.1 Å². The molecule has 0 radical (unpaired) electrons. The molecule has 2 aromatic rings. The minimum absolute atomic E-state index is 0.106. The van der Waals surface area contributed by atoms with E-state index in [0.717, 1.165) is 65.0 Å². The van der Waals surface area contributed by atoms with Gasteiger partial charge in [-0.15, -0.1) is 0 Å². The monoisotopic (exact) mass is 381 g/mol. The van der Waals surface area contributed by atoms with Gasteiger partial charge in [0.2, 0.25) is 0 Å². The molecule has 0 spiro atoms. The van der Waals surface area contributed by atoms with Crippen molar-refractivity contribution in [3.8, 4) is 0 Å². The number of amides is 2. The molecule has 1 aromatic heterocycles. The standard InChI is InChI=1S/C22H31N5O/c28-22(27-14-9-20(10-15-27)21-6-11-24-25-21)23-16-18-7-12-26(13-8-18)17-19-4-2-1-3-5-19/h1-6,11,18,20H,7-10,12-17H2,(H,23,28)(H,24,25). The van der Waals surface area contributed by atoms with Crippen LogP contribution in [0.1, 0.15) is 42.9 Å². The van der Waals surface area contributed by atoms with Crippen molar-refractivity contribution in [1.29, 1.82) is 0 Å². The van der Waals surface area contributed by atoms with E-state index in [1.165, 1.54) is 11.3 Å². The number of rotatable bonds is 5. The number of aromatic amines is 1. The van der Waals surface area contributed by atoms with E-state index in [1.807, 2.05) is 11.0 Å². The highest BCUT2D eigenvalue weighted by Crippen LogP contribution is 2.26. The molecule has 28 heavy (non-hydrogen) atoms. The first-order valence-electron chi connectivity index (χ1n) is 10.6. The third-order valence-electron chi connectivity index (χ3n) is 6.24. The highest BCUT2D eigenvalue weighted by Gasteiger charge is 2.25. The molecule has 1 aromatic carbocycles. The molecule has 6 heteroatoms. The van der Waals surface area contributed by atoms with E-state index < -0.39 is 0 Å². The minimum Gasteiger partial charge on any atom is -0.338 e. The van der Waals surface area contributed by atoms with Crippen LogP contribution in [0.25, 0.3) is 0 Å². The predicted molar refractivity (Wildman–Crippen MR) is 110 cm³/mol. The molecule has 0 bridgehead atoms. The fourth-order valence-corrected chi connectivity index (χ4v) is 4.42. The van der Waals surface area contributed by atoms with Crippen LogP contribution in [0.15, 0.2) is 42.6 Å². The van der Waals surface area contributed by atoms with Crippen LogP contribution in [0.2, 0.25) is 0 Å². The summed E-state index contributed by atoms with van der Waals surface area (Å²) in [5, 5.41) is 10.3. The summed E-state index contributed by atoms with van der Waals surface area (Å²) in [7, 11) is 0. The Hall–Kier alpha value is -2.34. The van der Waals surface area contributed by atoms with Gasteiger partial charge in [-0.2, -0.15) is 5.10 Å². The Kier molecular flexibility index (Phi) is 6.27. The van der Waals surface area contributed by atoms with E-state index in [4.69, 9.17) is 0 Å². The van der Waals surface area contributed by atoms with Gasteiger partial charge in [0.1, 0.15) is 0 Å². The van der Waals surface area contributed by atoms with Crippen LogP contribution in [-0.4, -0.2) is 58.8 Å². The number of nitrogens with zero attached hydrogens (tertiary/aromatic N) is 3. The van der Waals surface area contributed by atoms with Crippen molar-refractivity contribution < 1.29 is 4.79 Å². The van der Waals surface area contributed by atoms with E-state index >= 15 is 0 Å². The fraction of sp³-hybridized carbons (Fsp3) is 0.545. The first-order chi connectivity index (χ1) is 13.8. The van der Waals surface area contributed by atoms with Crippen LogP contribution in [-0.2, 0) is 6.54 Å². The van der Waals surface area contributed by atoms with Crippen LogP contribution < -0.4 is 5.32 Å². The fourth-order valence-electron chi connectivity index (χ4n) is 4.42. The van der Waals surface area contributed by atoms with Gasteiger partial charge in [-0.1, -0.05) is 30.3 Å².